The third-order valence-electron chi connectivity index (χ3n) is 3.29. The highest BCUT2D eigenvalue weighted by Crippen LogP contribution is 2.00. The molecule has 0 fully saturated rings. The van der Waals surface area contributed by atoms with Crippen LogP contribution < -0.4 is 21.7 Å². The Morgan fingerprint density at radius 1 is 0.926 bits per heavy atom. The summed E-state index contributed by atoms with van der Waals surface area (Å²) in [6, 6.07) is -5.47. The molecule has 3 amide bonds. The summed E-state index contributed by atoms with van der Waals surface area (Å²) in [5, 5.41) is 33.6. The lowest BCUT2D eigenvalue weighted by Crippen LogP contribution is -2.58. The summed E-state index contributed by atoms with van der Waals surface area (Å²) < 4.78 is 0. The van der Waals surface area contributed by atoms with Crippen molar-refractivity contribution in [3.63, 3.8) is 0 Å². The molecule has 8 N–H and O–H groups in total. The lowest BCUT2D eigenvalue weighted by molar-refractivity contribution is -0.146. The van der Waals surface area contributed by atoms with Crippen LogP contribution in [0.15, 0.2) is 0 Å². The topological polar surface area (TPSA) is 208 Å². The molecule has 0 saturated heterocycles. The molecule has 0 heterocycles. The smallest absolute Gasteiger partial charge is 0.328 e. The van der Waals surface area contributed by atoms with Gasteiger partial charge in [0.15, 0.2) is 6.04 Å². The van der Waals surface area contributed by atoms with Crippen LogP contribution in [-0.4, -0.2) is 81.0 Å². The Morgan fingerprint density at radius 3 is 1.78 bits per heavy atom. The third kappa shape index (κ3) is 8.70. The van der Waals surface area contributed by atoms with E-state index in [1.807, 2.05) is 5.32 Å². The van der Waals surface area contributed by atoms with E-state index in [1.165, 1.54) is 6.92 Å². The maximum Gasteiger partial charge on any atom is 0.328 e. The van der Waals surface area contributed by atoms with E-state index in [-0.39, 0.29) is 5.75 Å². The minimum Gasteiger partial charge on any atom is -0.481 e. The zero-order chi connectivity index (χ0) is 21.3. The number of hydrogen-bond donors (Lipinski definition) is 8. The Balaban J connectivity index is 5.25. The highest BCUT2D eigenvalue weighted by Gasteiger charge is 2.32. The van der Waals surface area contributed by atoms with E-state index in [4.69, 9.17) is 15.9 Å². The van der Waals surface area contributed by atoms with E-state index in [2.05, 4.69) is 23.3 Å². The van der Waals surface area contributed by atoms with Crippen molar-refractivity contribution >= 4 is 42.3 Å². The maximum absolute atomic E-state index is 12.2. The lowest BCUT2D eigenvalue weighted by Gasteiger charge is -2.24. The summed E-state index contributed by atoms with van der Waals surface area (Å²) in [6.45, 7) is 2.50. The molecule has 154 valence electrons. The summed E-state index contributed by atoms with van der Waals surface area (Å²) in [4.78, 5) is 58.0. The van der Waals surface area contributed by atoms with Crippen LogP contribution in [0, 0.1) is 0 Å². The first-order valence-electron chi connectivity index (χ1n) is 7.80. The molecule has 0 bridgehead atoms. The predicted molar refractivity (Wildman–Crippen MR) is 94.9 cm³/mol. The van der Waals surface area contributed by atoms with Crippen molar-refractivity contribution < 1.29 is 39.3 Å². The molecule has 0 aliphatic heterocycles. The summed E-state index contributed by atoms with van der Waals surface area (Å²) in [5.74, 6) is -5.86. The summed E-state index contributed by atoms with van der Waals surface area (Å²) >= 11 is 3.91. The standard InChI is InChI=1S/C14H24N4O8S/c1-5(15)11(22)17-8(4-27)13(24)16-7(3-9(20)21)12(23)18-10(6(2)19)14(25)26/h5-8,10,19,27H,3-4,15H2,1-2H3,(H,16,24)(H,17,22)(H,18,23)(H,20,21)(H,25,26). The molecular formula is C14H24N4O8S. The van der Waals surface area contributed by atoms with Gasteiger partial charge in [-0.05, 0) is 13.8 Å². The number of aliphatic hydroxyl groups excluding tert-OH is 1. The first-order valence-corrected chi connectivity index (χ1v) is 8.44. The molecule has 13 heteroatoms. The minimum atomic E-state index is -1.70. The fourth-order valence-electron chi connectivity index (χ4n) is 1.80. The van der Waals surface area contributed by atoms with Gasteiger partial charge < -0.3 is 37.0 Å². The molecule has 0 radical (unpaired) electrons. The van der Waals surface area contributed by atoms with Crippen LogP contribution in [0.1, 0.15) is 20.3 Å². The van der Waals surface area contributed by atoms with Crippen molar-refractivity contribution in [2.75, 3.05) is 5.75 Å². The van der Waals surface area contributed by atoms with Gasteiger partial charge in [-0.15, -0.1) is 0 Å². The molecular weight excluding hydrogens is 384 g/mol. The number of carbonyl (C=O) groups excluding carboxylic acids is 3. The van der Waals surface area contributed by atoms with Crippen molar-refractivity contribution in [1.82, 2.24) is 16.0 Å². The molecule has 0 rings (SSSR count). The van der Waals surface area contributed by atoms with E-state index >= 15 is 0 Å². The average molecular weight is 408 g/mol. The van der Waals surface area contributed by atoms with E-state index < -0.39 is 66.4 Å². The van der Waals surface area contributed by atoms with Crippen molar-refractivity contribution in [3.05, 3.63) is 0 Å². The van der Waals surface area contributed by atoms with Gasteiger partial charge in [-0.1, -0.05) is 0 Å². The number of nitrogens with one attached hydrogen (secondary N) is 3. The van der Waals surface area contributed by atoms with E-state index in [0.29, 0.717) is 0 Å². The number of nitrogens with two attached hydrogens (primary N) is 1. The molecule has 0 aliphatic rings. The monoisotopic (exact) mass is 408 g/mol. The first-order chi connectivity index (χ1) is 12.4. The molecule has 0 aromatic heterocycles. The normalized spacial score (nSPS) is 16.2. The maximum atomic E-state index is 12.2. The third-order valence-corrected chi connectivity index (χ3v) is 3.65. The number of carboxylic acid groups (broad SMARTS) is 2. The predicted octanol–water partition coefficient (Wildman–Crippen LogP) is -3.34. The fourth-order valence-corrected chi connectivity index (χ4v) is 2.05. The van der Waals surface area contributed by atoms with Gasteiger partial charge in [0, 0.05) is 5.75 Å². The first kappa shape index (κ1) is 24.6. The second kappa shape index (κ2) is 11.4. The van der Waals surface area contributed by atoms with Gasteiger partial charge in [-0.2, -0.15) is 12.6 Å². The Bertz CT molecular complexity index is 583. The zero-order valence-corrected chi connectivity index (χ0v) is 15.6. The molecule has 5 unspecified atom stereocenters. The molecule has 0 spiro atoms. The van der Waals surface area contributed by atoms with Gasteiger partial charge in [-0.25, -0.2) is 4.79 Å². The molecule has 27 heavy (non-hydrogen) atoms. The van der Waals surface area contributed by atoms with Crippen LogP contribution in [0.4, 0.5) is 0 Å². The Kier molecular flexibility index (Phi) is 10.4. The van der Waals surface area contributed by atoms with Crippen LogP contribution in [0.2, 0.25) is 0 Å². The van der Waals surface area contributed by atoms with E-state index in [0.717, 1.165) is 6.92 Å². The Morgan fingerprint density at radius 2 is 1.41 bits per heavy atom. The fraction of sp³-hybridized carbons (Fsp3) is 0.643. The van der Waals surface area contributed by atoms with Gasteiger partial charge in [0.05, 0.1) is 18.6 Å². The molecule has 0 saturated carbocycles. The van der Waals surface area contributed by atoms with Gasteiger partial charge in [0.25, 0.3) is 0 Å². The van der Waals surface area contributed by atoms with Crippen LogP contribution >= 0.6 is 12.6 Å². The van der Waals surface area contributed by atoms with Crippen LogP contribution in [0.25, 0.3) is 0 Å². The largest absolute Gasteiger partial charge is 0.481 e. The average Bonchev–Trinajstić information content (AvgIpc) is 2.54. The second-order valence-corrected chi connectivity index (χ2v) is 6.12. The zero-order valence-electron chi connectivity index (χ0n) is 14.7. The molecule has 5 atom stereocenters. The highest BCUT2D eigenvalue weighted by atomic mass is 32.1. The second-order valence-electron chi connectivity index (χ2n) is 5.76. The Hall–Kier alpha value is -2.38. The Labute approximate surface area is 160 Å². The SMILES string of the molecule is CC(N)C(=O)NC(CS)C(=O)NC(CC(=O)O)C(=O)NC(C(=O)O)C(C)O. The van der Waals surface area contributed by atoms with Crippen LogP contribution in [0.3, 0.4) is 0 Å². The number of thiol groups is 1. The number of aliphatic hydroxyl groups is 1. The number of hydrogen-bond acceptors (Lipinski definition) is 8. The quantitative estimate of drug-likeness (QED) is 0.160. The van der Waals surface area contributed by atoms with Crippen molar-refractivity contribution in [1.29, 1.82) is 0 Å². The van der Waals surface area contributed by atoms with Crippen LogP contribution in [-0.2, 0) is 24.0 Å². The number of carboxylic acids is 2. The van der Waals surface area contributed by atoms with E-state index in [1.54, 1.807) is 0 Å². The number of aliphatic carboxylic acids is 2. The summed E-state index contributed by atoms with van der Waals surface area (Å²) in [7, 11) is 0. The number of amides is 3. The molecule has 12 nitrogen and oxygen atoms in total. The molecule has 0 aliphatic carbocycles. The molecule has 0 aromatic rings. The number of rotatable bonds is 11. The lowest BCUT2D eigenvalue weighted by atomic mass is 10.1. The number of carbonyl (C=O) groups is 5. The summed E-state index contributed by atoms with van der Waals surface area (Å²) in [5.41, 5.74) is 5.38. The van der Waals surface area contributed by atoms with Gasteiger partial charge in [0.2, 0.25) is 17.7 Å². The van der Waals surface area contributed by atoms with Crippen molar-refractivity contribution in [3.8, 4) is 0 Å². The van der Waals surface area contributed by atoms with E-state index in [9.17, 15) is 29.1 Å². The molecule has 0 aromatic carbocycles. The van der Waals surface area contributed by atoms with Crippen molar-refractivity contribution in [2.24, 2.45) is 5.73 Å². The van der Waals surface area contributed by atoms with Gasteiger partial charge in [0.1, 0.15) is 12.1 Å². The summed E-state index contributed by atoms with van der Waals surface area (Å²) in [6.07, 6.45) is -2.33. The van der Waals surface area contributed by atoms with Gasteiger partial charge in [-0.3, -0.25) is 19.2 Å². The highest BCUT2D eigenvalue weighted by molar-refractivity contribution is 7.80. The van der Waals surface area contributed by atoms with Crippen molar-refractivity contribution in [2.45, 2.75) is 50.5 Å². The van der Waals surface area contributed by atoms with Gasteiger partial charge >= 0.3 is 11.9 Å². The van der Waals surface area contributed by atoms with Crippen LogP contribution in [0.5, 0.6) is 0 Å². The minimum absolute atomic E-state index is 0.170.